The molecule has 0 aliphatic carbocycles. The summed E-state index contributed by atoms with van der Waals surface area (Å²) >= 11 is 1.70. The van der Waals surface area contributed by atoms with Crippen LogP contribution in [0.4, 0.5) is 0 Å². The molecule has 0 saturated carbocycles. The maximum absolute atomic E-state index is 6.09. The van der Waals surface area contributed by atoms with E-state index >= 15 is 0 Å². The molecule has 28 heavy (non-hydrogen) atoms. The number of ether oxygens (including phenoxy) is 1. The lowest BCUT2D eigenvalue weighted by atomic mass is 9.89. The molecule has 1 aliphatic rings. The van der Waals surface area contributed by atoms with Crippen LogP contribution in [0.1, 0.15) is 55.0 Å². The van der Waals surface area contributed by atoms with Crippen molar-refractivity contribution in [3.63, 3.8) is 0 Å². The van der Waals surface area contributed by atoms with Crippen molar-refractivity contribution in [2.45, 2.75) is 45.3 Å². The summed E-state index contributed by atoms with van der Waals surface area (Å²) in [5.41, 5.74) is 2.42. The Bertz CT molecular complexity index is 735. The standard InChI is InChI=1S/C21H30N4OS.HI/c1-15(2)18-14-27-19(25-18)13-24-21(22-3)23-12-17-10-7-11-26-20(17)16-8-5-4-6-9-16;/h4-6,8-9,14-15,17,20H,7,10-13H2,1-3H3,(H2,22,23,24);1H. The second-order valence-corrected chi connectivity index (χ2v) is 8.17. The van der Waals surface area contributed by atoms with Gasteiger partial charge in [0.1, 0.15) is 5.01 Å². The molecule has 0 radical (unpaired) electrons. The predicted molar refractivity (Wildman–Crippen MR) is 128 cm³/mol. The fraction of sp³-hybridized carbons (Fsp3) is 0.524. The number of guanidine groups is 1. The van der Waals surface area contributed by atoms with Gasteiger partial charge in [-0.05, 0) is 24.3 Å². The molecule has 2 N–H and O–H groups in total. The van der Waals surface area contributed by atoms with Crippen molar-refractivity contribution in [1.82, 2.24) is 15.6 Å². The van der Waals surface area contributed by atoms with Crippen LogP contribution in [-0.2, 0) is 11.3 Å². The second kappa shape index (κ2) is 11.7. The van der Waals surface area contributed by atoms with E-state index in [2.05, 4.69) is 70.2 Å². The number of hydrogen-bond acceptors (Lipinski definition) is 4. The average molecular weight is 514 g/mol. The maximum Gasteiger partial charge on any atom is 0.191 e. The summed E-state index contributed by atoms with van der Waals surface area (Å²) in [5, 5.41) is 10.1. The summed E-state index contributed by atoms with van der Waals surface area (Å²) in [7, 11) is 1.81. The van der Waals surface area contributed by atoms with Crippen LogP contribution in [0.3, 0.4) is 0 Å². The molecule has 1 aromatic carbocycles. The molecule has 1 saturated heterocycles. The highest BCUT2D eigenvalue weighted by molar-refractivity contribution is 14.0. The highest BCUT2D eigenvalue weighted by atomic mass is 127. The van der Waals surface area contributed by atoms with Gasteiger partial charge in [-0.1, -0.05) is 44.2 Å². The fourth-order valence-electron chi connectivity index (χ4n) is 3.34. The van der Waals surface area contributed by atoms with Crippen LogP contribution in [0, 0.1) is 5.92 Å². The first-order chi connectivity index (χ1) is 13.2. The van der Waals surface area contributed by atoms with Gasteiger partial charge in [-0.15, -0.1) is 35.3 Å². The van der Waals surface area contributed by atoms with Gasteiger partial charge in [0.25, 0.3) is 0 Å². The smallest absolute Gasteiger partial charge is 0.191 e. The second-order valence-electron chi connectivity index (χ2n) is 7.23. The molecule has 2 aromatic rings. The van der Waals surface area contributed by atoms with Crippen molar-refractivity contribution < 1.29 is 4.74 Å². The van der Waals surface area contributed by atoms with E-state index in [1.807, 2.05) is 7.05 Å². The lowest BCUT2D eigenvalue weighted by molar-refractivity contribution is -0.0265. The number of halogens is 1. The summed E-state index contributed by atoms with van der Waals surface area (Å²) in [6.45, 7) is 6.71. The Morgan fingerprint density at radius 3 is 2.75 bits per heavy atom. The highest BCUT2D eigenvalue weighted by Crippen LogP contribution is 2.33. The van der Waals surface area contributed by atoms with Crippen LogP contribution in [0.25, 0.3) is 0 Å². The Labute approximate surface area is 189 Å². The summed E-state index contributed by atoms with van der Waals surface area (Å²) < 4.78 is 6.09. The number of benzene rings is 1. The third-order valence-corrected chi connectivity index (χ3v) is 5.76. The van der Waals surface area contributed by atoms with Crippen LogP contribution >= 0.6 is 35.3 Å². The van der Waals surface area contributed by atoms with Crippen molar-refractivity contribution in [3.05, 3.63) is 52.0 Å². The minimum absolute atomic E-state index is 0. The Hall–Kier alpha value is -1.19. The fourth-order valence-corrected chi connectivity index (χ4v) is 4.24. The first-order valence-electron chi connectivity index (χ1n) is 9.72. The number of nitrogens with one attached hydrogen (secondary N) is 2. The molecular weight excluding hydrogens is 483 g/mol. The molecule has 1 aliphatic heterocycles. The van der Waals surface area contributed by atoms with Gasteiger partial charge in [0.05, 0.1) is 18.3 Å². The van der Waals surface area contributed by atoms with Gasteiger partial charge in [0.15, 0.2) is 5.96 Å². The topological polar surface area (TPSA) is 58.5 Å². The van der Waals surface area contributed by atoms with Crippen LogP contribution in [0.15, 0.2) is 40.7 Å². The molecule has 7 heteroatoms. The summed E-state index contributed by atoms with van der Waals surface area (Å²) in [6, 6.07) is 10.5. The van der Waals surface area contributed by atoms with E-state index < -0.39 is 0 Å². The van der Waals surface area contributed by atoms with Gasteiger partial charge < -0.3 is 15.4 Å². The van der Waals surface area contributed by atoms with Crippen LogP contribution < -0.4 is 10.6 Å². The van der Waals surface area contributed by atoms with E-state index in [1.54, 1.807) is 11.3 Å². The molecule has 5 nitrogen and oxygen atoms in total. The third kappa shape index (κ3) is 6.42. The number of rotatable bonds is 6. The first kappa shape index (κ1) is 23.1. The monoisotopic (exact) mass is 514 g/mol. The lowest BCUT2D eigenvalue weighted by Gasteiger charge is -2.32. The summed E-state index contributed by atoms with van der Waals surface area (Å²) in [5.74, 6) is 1.72. The van der Waals surface area contributed by atoms with Gasteiger partial charge in [-0.2, -0.15) is 0 Å². The van der Waals surface area contributed by atoms with E-state index in [9.17, 15) is 0 Å². The minimum Gasteiger partial charge on any atom is -0.373 e. The zero-order valence-corrected chi connectivity index (χ0v) is 20.0. The molecular formula is C21H31IN4OS. The van der Waals surface area contributed by atoms with E-state index in [0.29, 0.717) is 18.4 Å². The van der Waals surface area contributed by atoms with E-state index in [4.69, 9.17) is 4.74 Å². The Morgan fingerprint density at radius 1 is 1.29 bits per heavy atom. The van der Waals surface area contributed by atoms with E-state index in [0.717, 1.165) is 42.7 Å². The Morgan fingerprint density at radius 2 is 2.07 bits per heavy atom. The Balaban J connectivity index is 0.00000280. The minimum atomic E-state index is 0. The lowest BCUT2D eigenvalue weighted by Crippen LogP contribution is -2.41. The largest absolute Gasteiger partial charge is 0.373 e. The normalized spacial score (nSPS) is 19.9. The van der Waals surface area contributed by atoms with Crippen molar-refractivity contribution in [3.8, 4) is 0 Å². The molecule has 1 aromatic heterocycles. The van der Waals surface area contributed by atoms with Crippen molar-refractivity contribution in [1.29, 1.82) is 0 Å². The van der Waals surface area contributed by atoms with Gasteiger partial charge >= 0.3 is 0 Å². The molecule has 2 atom stereocenters. The number of thiazole rings is 1. The molecule has 154 valence electrons. The summed E-state index contributed by atoms with van der Waals surface area (Å²) in [4.78, 5) is 9.03. The zero-order chi connectivity index (χ0) is 19.1. The van der Waals surface area contributed by atoms with Crippen molar-refractivity contribution in [2.75, 3.05) is 20.2 Å². The number of hydrogen-bond donors (Lipinski definition) is 2. The third-order valence-electron chi connectivity index (χ3n) is 4.90. The van der Waals surface area contributed by atoms with Gasteiger partial charge in [0, 0.05) is 31.5 Å². The number of nitrogens with zero attached hydrogens (tertiary/aromatic N) is 2. The average Bonchev–Trinajstić information content (AvgIpc) is 3.18. The summed E-state index contributed by atoms with van der Waals surface area (Å²) in [6.07, 6.45) is 2.42. The molecule has 0 amide bonds. The van der Waals surface area contributed by atoms with E-state index in [-0.39, 0.29) is 30.1 Å². The van der Waals surface area contributed by atoms with Crippen molar-refractivity contribution >= 4 is 41.3 Å². The molecule has 0 bridgehead atoms. The number of aromatic nitrogens is 1. The SMILES string of the molecule is CN=C(NCc1nc(C(C)C)cs1)NCC1CCCOC1c1ccccc1.I. The Kier molecular flexibility index (Phi) is 9.67. The number of aliphatic imine (C=N–C) groups is 1. The van der Waals surface area contributed by atoms with Gasteiger partial charge in [-0.25, -0.2) is 4.98 Å². The first-order valence-corrected chi connectivity index (χ1v) is 10.6. The van der Waals surface area contributed by atoms with E-state index in [1.165, 1.54) is 5.56 Å². The zero-order valence-electron chi connectivity index (χ0n) is 16.9. The molecule has 1 fully saturated rings. The molecule has 3 rings (SSSR count). The van der Waals surface area contributed by atoms with Gasteiger partial charge in [0.2, 0.25) is 0 Å². The van der Waals surface area contributed by atoms with Crippen LogP contribution in [-0.4, -0.2) is 31.1 Å². The highest BCUT2D eigenvalue weighted by Gasteiger charge is 2.27. The molecule has 2 heterocycles. The van der Waals surface area contributed by atoms with Crippen LogP contribution in [0.5, 0.6) is 0 Å². The van der Waals surface area contributed by atoms with Gasteiger partial charge in [-0.3, -0.25) is 4.99 Å². The molecule has 2 unspecified atom stereocenters. The predicted octanol–water partition coefficient (Wildman–Crippen LogP) is 4.72. The quantitative estimate of drug-likeness (QED) is 0.333. The van der Waals surface area contributed by atoms with Crippen LogP contribution in [0.2, 0.25) is 0 Å². The maximum atomic E-state index is 6.09. The molecule has 0 spiro atoms. The van der Waals surface area contributed by atoms with Crippen molar-refractivity contribution in [2.24, 2.45) is 10.9 Å².